The lowest BCUT2D eigenvalue weighted by Crippen LogP contribution is -2.35. The molecule has 1 N–H and O–H groups in total. The first-order valence-corrected chi connectivity index (χ1v) is 8.78. The Hall–Kier alpha value is -0.880. The van der Waals surface area contributed by atoms with E-state index >= 15 is 0 Å². The second-order valence-electron chi connectivity index (χ2n) is 6.59. The van der Waals surface area contributed by atoms with Crippen molar-refractivity contribution in [1.29, 1.82) is 0 Å². The molecule has 0 bridgehead atoms. The van der Waals surface area contributed by atoms with E-state index in [0.29, 0.717) is 22.5 Å². The van der Waals surface area contributed by atoms with E-state index < -0.39 is 0 Å². The smallest absolute Gasteiger partial charge is 0.283 e. The Morgan fingerprint density at radius 1 is 1.29 bits per heavy atom. The van der Waals surface area contributed by atoms with Crippen LogP contribution in [0.4, 0.5) is 5.69 Å². The van der Waals surface area contributed by atoms with Gasteiger partial charge in [0.1, 0.15) is 4.47 Å². The number of anilines is 1. The van der Waals surface area contributed by atoms with Gasteiger partial charge in [-0.1, -0.05) is 0 Å². The molecule has 0 radical (unpaired) electrons. The Labute approximate surface area is 132 Å². The van der Waals surface area contributed by atoms with Crippen molar-refractivity contribution in [2.45, 2.75) is 50.7 Å². The van der Waals surface area contributed by atoms with E-state index in [4.69, 9.17) is 0 Å². The van der Waals surface area contributed by atoms with Crippen molar-refractivity contribution in [2.24, 2.45) is 5.92 Å². The summed E-state index contributed by atoms with van der Waals surface area (Å²) < 4.78 is 2.23. The molecule has 2 aliphatic heterocycles. The topological polar surface area (TPSA) is 50.2 Å². The maximum Gasteiger partial charge on any atom is 0.283 e. The van der Waals surface area contributed by atoms with Crippen molar-refractivity contribution >= 4 is 21.6 Å². The third-order valence-corrected chi connectivity index (χ3v) is 5.83. The van der Waals surface area contributed by atoms with Gasteiger partial charge in [-0.3, -0.25) is 9.69 Å². The van der Waals surface area contributed by atoms with Gasteiger partial charge in [0, 0.05) is 25.2 Å². The zero-order valence-corrected chi connectivity index (χ0v) is 13.7. The van der Waals surface area contributed by atoms with Crippen LogP contribution in [-0.2, 0) is 6.54 Å². The Balaban J connectivity index is 1.52. The average molecular weight is 353 g/mol. The van der Waals surface area contributed by atoms with Crippen LogP contribution in [0.1, 0.15) is 32.1 Å². The van der Waals surface area contributed by atoms with Gasteiger partial charge in [-0.05, 0) is 60.5 Å². The molecular formula is C15H21BrN4O. The molecule has 1 aliphatic carbocycles. The largest absolute Gasteiger partial charge is 0.378 e. The van der Waals surface area contributed by atoms with Gasteiger partial charge in [0.25, 0.3) is 5.56 Å². The second-order valence-corrected chi connectivity index (χ2v) is 7.38. The van der Waals surface area contributed by atoms with Crippen LogP contribution in [0.25, 0.3) is 0 Å². The molecule has 1 aromatic rings. The highest BCUT2D eigenvalue weighted by molar-refractivity contribution is 9.10. The Bertz CT molecular complexity index is 598. The summed E-state index contributed by atoms with van der Waals surface area (Å²) in [5.74, 6) is 0.655. The Morgan fingerprint density at radius 3 is 2.95 bits per heavy atom. The average Bonchev–Trinajstić information content (AvgIpc) is 3.03. The minimum Gasteiger partial charge on any atom is -0.378 e. The molecule has 5 nitrogen and oxygen atoms in total. The molecule has 3 fully saturated rings. The molecule has 3 heterocycles. The lowest BCUT2D eigenvalue weighted by atomic mass is 10.1. The van der Waals surface area contributed by atoms with Gasteiger partial charge < -0.3 is 5.32 Å². The first kappa shape index (κ1) is 13.8. The van der Waals surface area contributed by atoms with Crippen molar-refractivity contribution in [3.63, 3.8) is 0 Å². The molecule has 1 saturated carbocycles. The molecule has 0 aromatic carbocycles. The summed E-state index contributed by atoms with van der Waals surface area (Å²) in [5.41, 5.74) is 0.846. The molecule has 2 saturated heterocycles. The lowest BCUT2D eigenvalue weighted by Gasteiger charge is -2.22. The van der Waals surface area contributed by atoms with E-state index in [1.165, 1.54) is 38.8 Å². The summed E-state index contributed by atoms with van der Waals surface area (Å²) in [7, 11) is 0. The summed E-state index contributed by atoms with van der Waals surface area (Å²) in [5, 5.41) is 7.90. The highest BCUT2D eigenvalue weighted by atomic mass is 79.9. The summed E-state index contributed by atoms with van der Waals surface area (Å²) in [6, 6.07) is 1.08. The zero-order valence-electron chi connectivity index (χ0n) is 12.1. The fraction of sp³-hybridized carbons (Fsp3) is 0.733. The van der Waals surface area contributed by atoms with Gasteiger partial charge in [-0.15, -0.1) is 0 Å². The first-order chi connectivity index (χ1) is 10.2. The van der Waals surface area contributed by atoms with Crippen molar-refractivity contribution in [3.8, 4) is 0 Å². The Morgan fingerprint density at radius 2 is 2.14 bits per heavy atom. The molecule has 0 amide bonds. The Kier molecular flexibility index (Phi) is 3.53. The van der Waals surface area contributed by atoms with E-state index in [9.17, 15) is 4.79 Å². The molecule has 21 heavy (non-hydrogen) atoms. The van der Waals surface area contributed by atoms with Crippen LogP contribution in [0, 0.1) is 5.92 Å². The van der Waals surface area contributed by atoms with E-state index in [1.807, 2.05) is 6.20 Å². The van der Waals surface area contributed by atoms with Crippen molar-refractivity contribution in [2.75, 3.05) is 18.4 Å². The molecule has 2 atom stereocenters. The van der Waals surface area contributed by atoms with Gasteiger partial charge in [-0.25, -0.2) is 4.68 Å². The van der Waals surface area contributed by atoms with E-state index in [0.717, 1.165) is 18.7 Å². The van der Waals surface area contributed by atoms with E-state index in [2.05, 4.69) is 31.2 Å². The van der Waals surface area contributed by atoms with E-state index in [-0.39, 0.29) is 5.56 Å². The minimum atomic E-state index is -0.00632. The molecular weight excluding hydrogens is 332 g/mol. The van der Waals surface area contributed by atoms with Crippen LogP contribution < -0.4 is 10.9 Å². The number of hydrogen-bond donors (Lipinski definition) is 1. The molecule has 1 aromatic heterocycles. The molecule has 6 heteroatoms. The standard InChI is InChI=1S/C15H21BrN4O/c16-14-12(8-17-20(15(14)21)9-10-3-4-10)18-11-5-7-19-6-1-2-13(11)19/h8,10-11,13,18H,1-7,9H2. The third-order valence-electron chi connectivity index (χ3n) is 5.06. The van der Waals surface area contributed by atoms with Crippen molar-refractivity contribution in [3.05, 3.63) is 21.0 Å². The predicted octanol–water partition coefficient (Wildman–Crippen LogP) is 2.06. The second kappa shape index (κ2) is 5.39. The van der Waals surface area contributed by atoms with Crippen molar-refractivity contribution in [1.82, 2.24) is 14.7 Å². The molecule has 114 valence electrons. The summed E-state index contributed by atoms with van der Waals surface area (Å²) in [6.07, 6.45) is 7.98. The quantitative estimate of drug-likeness (QED) is 0.900. The minimum absolute atomic E-state index is 0.00632. The predicted molar refractivity (Wildman–Crippen MR) is 85.5 cm³/mol. The van der Waals surface area contributed by atoms with Gasteiger partial charge >= 0.3 is 0 Å². The van der Waals surface area contributed by atoms with Crippen LogP contribution in [-0.4, -0.2) is 39.9 Å². The van der Waals surface area contributed by atoms with Gasteiger partial charge in [0.15, 0.2) is 0 Å². The van der Waals surface area contributed by atoms with Crippen LogP contribution >= 0.6 is 15.9 Å². The van der Waals surface area contributed by atoms with E-state index in [1.54, 1.807) is 4.68 Å². The number of rotatable bonds is 4. The number of aromatic nitrogens is 2. The number of nitrogens with zero attached hydrogens (tertiary/aromatic N) is 3. The molecule has 0 spiro atoms. The highest BCUT2D eigenvalue weighted by Crippen LogP contribution is 2.32. The SMILES string of the molecule is O=c1c(Br)c(NC2CCN3CCCC23)cnn1CC1CC1. The zero-order chi connectivity index (χ0) is 14.4. The summed E-state index contributed by atoms with van der Waals surface area (Å²) in [4.78, 5) is 14.9. The lowest BCUT2D eigenvalue weighted by molar-refractivity contribution is 0.318. The molecule has 2 unspecified atom stereocenters. The molecule has 3 aliphatic rings. The number of fused-ring (bicyclic) bond motifs is 1. The van der Waals surface area contributed by atoms with Gasteiger partial charge in [-0.2, -0.15) is 5.10 Å². The van der Waals surface area contributed by atoms with Crippen LogP contribution in [0.5, 0.6) is 0 Å². The van der Waals surface area contributed by atoms with Crippen LogP contribution in [0.15, 0.2) is 15.5 Å². The summed E-state index contributed by atoms with van der Waals surface area (Å²) in [6.45, 7) is 3.16. The third kappa shape index (κ3) is 2.63. The van der Waals surface area contributed by atoms with Gasteiger partial charge in [0.05, 0.1) is 11.9 Å². The fourth-order valence-electron chi connectivity index (χ4n) is 3.69. The molecule has 4 rings (SSSR count). The van der Waals surface area contributed by atoms with Crippen LogP contribution in [0.2, 0.25) is 0 Å². The monoisotopic (exact) mass is 352 g/mol. The highest BCUT2D eigenvalue weighted by Gasteiger charge is 2.37. The van der Waals surface area contributed by atoms with Crippen molar-refractivity contribution < 1.29 is 0 Å². The van der Waals surface area contributed by atoms with Crippen LogP contribution in [0.3, 0.4) is 0 Å². The number of halogens is 1. The maximum atomic E-state index is 12.4. The first-order valence-electron chi connectivity index (χ1n) is 7.98. The number of hydrogen-bond acceptors (Lipinski definition) is 4. The van der Waals surface area contributed by atoms with Gasteiger partial charge in [0.2, 0.25) is 0 Å². The fourth-order valence-corrected chi connectivity index (χ4v) is 4.11. The maximum absolute atomic E-state index is 12.4. The summed E-state index contributed by atoms with van der Waals surface area (Å²) >= 11 is 3.47. The number of nitrogens with one attached hydrogen (secondary N) is 1. The normalized spacial score (nSPS) is 28.8.